The smallest absolute Gasteiger partial charge is 0.323 e. The molecule has 2 aromatic rings. The lowest BCUT2D eigenvalue weighted by Crippen LogP contribution is -2.22. The van der Waals surface area contributed by atoms with Gasteiger partial charge in [0.1, 0.15) is 11.5 Å². The number of hydrogen-bond donors (Lipinski definition) is 2. The zero-order valence-corrected chi connectivity index (χ0v) is 16.1. The van der Waals surface area contributed by atoms with E-state index in [-0.39, 0.29) is 6.03 Å². The van der Waals surface area contributed by atoms with Gasteiger partial charge in [-0.2, -0.15) is 0 Å². The SMILES string of the molecule is CCN(CC)c1ccc(NC(=O)Nc2cc(OC)cc(OC)c2)c(C)c1. The number of amides is 2. The lowest BCUT2D eigenvalue weighted by molar-refractivity contribution is 0.262. The summed E-state index contributed by atoms with van der Waals surface area (Å²) in [7, 11) is 3.14. The average molecular weight is 357 g/mol. The largest absolute Gasteiger partial charge is 0.497 e. The first kappa shape index (κ1) is 19.4. The molecular formula is C20H27N3O3. The van der Waals surface area contributed by atoms with Crippen LogP contribution in [0.4, 0.5) is 21.9 Å². The number of anilines is 3. The van der Waals surface area contributed by atoms with Crippen LogP contribution in [-0.4, -0.2) is 33.3 Å². The van der Waals surface area contributed by atoms with Crippen molar-refractivity contribution in [3.8, 4) is 11.5 Å². The van der Waals surface area contributed by atoms with Crippen molar-refractivity contribution in [2.24, 2.45) is 0 Å². The van der Waals surface area contributed by atoms with Crippen molar-refractivity contribution in [1.82, 2.24) is 0 Å². The molecule has 2 N–H and O–H groups in total. The second-order valence-electron chi connectivity index (χ2n) is 5.85. The molecule has 0 aromatic heterocycles. The highest BCUT2D eigenvalue weighted by atomic mass is 16.5. The van der Waals surface area contributed by atoms with Gasteiger partial charge in [0, 0.05) is 48.4 Å². The zero-order chi connectivity index (χ0) is 19.1. The molecule has 2 aromatic carbocycles. The molecule has 0 fully saturated rings. The summed E-state index contributed by atoms with van der Waals surface area (Å²) in [5, 5.41) is 5.69. The van der Waals surface area contributed by atoms with Gasteiger partial charge in [-0.3, -0.25) is 0 Å². The Labute approximate surface area is 155 Å². The number of carbonyl (C=O) groups is 1. The van der Waals surface area contributed by atoms with Crippen molar-refractivity contribution in [3.63, 3.8) is 0 Å². The third-order valence-electron chi connectivity index (χ3n) is 4.20. The van der Waals surface area contributed by atoms with E-state index in [4.69, 9.17) is 9.47 Å². The molecule has 2 rings (SSSR count). The number of carbonyl (C=O) groups excluding carboxylic acids is 1. The quantitative estimate of drug-likeness (QED) is 0.766. The number of nitrogens with zero attached hydrogens (tertiary/aromatic N) is 1. The standard InChI is InChI=1S/C20H27N3O3/c1-6-23(7-2)16-8-9-19(14(3)10-16)22-20(24)21-15-11-17(25-4)13-18(12-15)26-5/h8-13H,6-7H2,1-5H3,(H2,21,22,24). The zero-order valence-electron chi connectivity index (χ0n) is 16.1. The maximum absolute atomic E-state index is 12.4. The summed E-state index contributed by atoms with van der Waals surface area (Å²) in [5.41, 5.74) is 3.52. The Hall–Kier alpha value is -2.89. The summed E-state index contributed by atoms with van der Waals surface area (Å²) >= 11 is 0. The van der Waals surface area contributed by atoms with Crippen molar-refractivity contribution < 1.29 is 14.3 Å². The number of nitrogens with one attached hydrogen (secondary N) is 2. The average Bonchev–Trinajstić information content (AvgIpc) is 2.64. The number of rotatable bonds is 7. The van der Waals surface area contributed by atoms with Gasteiger partial charge in [0.25, 0.3) is 0 Å². The summed E-state index contributed by atoms with van der Waals surface area (Å²) in [6.45, 7) is 8.13. The van der Waals surface area contributed by atoms with E-state index in [0.29, 0.717) is 17.2 Å². The fourth-order valence-corrected chi connectivity index (χ4v) is 2.74. The van der Waals surface area contributed by atoms with Gasteiger partial charge in [0.15, 0.2) is 0 Å². The van der Waals surface area contributed by atoms with Crippen LogP contribution in [0, 0.1) is 6.92 Å². The number of aryl methyl sites for hydroxylation is 1. The molecule has 0 aliphatic rings. The summed E-state index contributed by atoms with van der Waals surface area (Å²) in [5.74, 6) is 1.22. The molecule has 26 heavy (non-hydrogen) atoms. The van der Waals surface area contributed by atoms with Gasteiger partial charge in [-0.25, -0.2) is 4.79 Å². The van der Waals surface area contributed by atoms with Crippen LogP contribution in [0.15, 0.2) is 36.4 Å². The highest BCUT2D eigenvalue weighted by Gasteiger charge is 2.09. The van der Waals surface area contributed by atoms with E-state index in [1.165, 1.54) is 0 Å². The van der Waals surface area contributed by atoms with E-state index in [1.807, 2.05) is 19.1 Å². The fraction of sp³-hybridized carbons (Fsp3) is 0.350. The first-order valence-electron chi connectivity index (χ1n) is 8.67. The highest BCUT2D eigenvalue weighted by molar-refractivity contribution is 6.00. The molecule has 140 valence electrons. The van der Waals surface area contributed by atoms with Crippen molar-refractivity contribution in [2.45, 2.75) is 20.8 Å². The molecule has 6 nitrogen and oxygen atoms in total. The van der Waals surface area contributed by atoms with Gasteiger partial charge in [-0.15, -0.1) is 0 Å². The van der Waals surface area contributed by atoms with Gasteiger partial charge >= 0.3 is 6.03 Å². The Morgan fingerprint density at radius 3 is 2.08 bits per heavy atom. The van der Waals surface area contributed by atoms with Crippen molar-refractivity contribution >= 4 is 23.1 Å². The van der Waals surface area contributed by atoms with E-state index in [2.05, 4.69) is 35.4 Å². The van der Waals surface area contributed by atoms with Crippen molar-refractivity contribution in [1.29, 1.82) is 0 Å². The van der Waals surface area contributed by atoms with Crippen molar-refractivity contribution in [3.05, 3.63) is 42.0 Å². The van der Waals surface area contributed by atoms with Crippen LogP contribution in [0.2, 0.25) is 0 Å². The van der Waals surface area contributed by atoms with Gasteiger partial charge in [-0.05, 0) is 44.5 Å². The van der Waals surface area contributed by atoms with Crippen molar-refractivity contribution in [2.75, 3.05) is 42.8 Å². The van der Waals surface area contributed by atoms with Crippen LogP contribution in [0.1, 0.15) is 19.4 Å². The predicted molar refractivity (Wildman–Crippen MR) is 107 cm³/mol. The normalized spacial score (nSPS) is 10.2. The molecule has 0 saturated heterocycles. The topological polar surface area (TPSA) is 62.8 Å². The molecule has 0 spiro atoms. The van der Waals surface area contributed by atoms with Crippen LogP contribution in [0.3, 0.4) is 0 Å². The lowest BCUT2D eigenvalue weighted by Gasteiger charge is -2.22. The lowest BCUT2D eigenvalue weighted by atomic mass is 10.1. The predicted octanol–water partition coefficient (Wildman–Crippen LogP) is 4.50. The molecule has 0 bridgehead atoms. The third-order valence-corrected chi connectivity index (χ3v) is 4.20. The van der Waals surface area contributed by atoms with Crippen LogP contribution in [0.25, 0.3) is 0 Å². The number of ether oxygens (including phenoxy) is 2. The van der Waals surface area contributed by atoms with Crippen LogP contribution in [-0.2, 0) is 0 Å². The Balaban J connectivity index is 2.10. The molecule has 6 heteroatoms. The second kappa shape index (κ2) is 8.99. The number of benzene rings is 2. The maximum Gasteiger partial charge on any atom is 0.323 e. The number of hydrogen-bond acceptors (Lipinski definition) is 4. The first-order valence-corrected chi connectivity index (χ1v) is 8.67. The maximum atomic E-state index is 12.4. The molecule has 0 aliphatic carbocycles. The summed E-state index contributed by atoms with van der Waals surface area (Å²) in [4.78, 5) is 14.6. The molecule has 2 amide bonds. The Kier molecular flexibility index (Phi) is 6.72. The van der Waals surface area contributed by atoms with E-state index < -0.39 is 0 Å². The Bertz CT molecular complexity index is 736. The fourth-order valence-electron chi connectivity index (χ4n) is 2.74. The summed E-state index contributed by atoms with van der Waals surface area (Å²) in [6.07, 6.45) is 0. The second-order valence-corrected chi connectivity index (χ2v) is 5.85. The minimum Gasteiger partial charge on any atom is -0.497 e. The molecule has 0 saturated carbocycles. The number of urea groups is 1. The summed E-state index contributed by atoms with van der Waals surface area (Å²) < 4.78 is 10.4. The molecule has 0 aliphatic heterocycles. The van der Waals surface area contributed by atoms with E-state index in [0.717, 1.165) is 30.0 Å². The minimum atomic E-state index is -0.320. The van der Waals surface area contributed by atoms with Gasteiger partial charge < -0.3 is 25.0 Å². The summed E-state index contributed by atoms with van der Waals surface area (Å²) in [6, 6.07) is 10.9. The number of methoxy groups -OCH3 is 2. The highest BCUT2D eigenvalue weighted by Crippen LogP contribution is 2.26. The Morgan fingerprint density at radius 2 is 1.58 bits per heavy atom. The van der Waals surface area contributed by atoms with Gasteiger partial charge in [0.05, 0.1) is 14.2 Å². The van der Waals surface area contributed by atoms with E-state index in [1.54, 1.807) is 32.4 Å². The van der Waals surface area contributed by atoms with Crippen LogP contribution >= 0.6 is 0 Å². The monoisotopic (exact) mass is 357 g/mol. The Morgan fingerprint density at radius 1 is 0.962 bits per heavy atom. The van der Waals surface area contributed by atoms with Crippen LogP contribution < -0.4 is 25.0 Å². The minimum absolute atomic E-state index is 0.320. The van der Waals surface area contributed by atoms with Crippen LogP contribution in [0.5, 0.6) is 11.5 Å². The van der Waals surface area contributed by atoms with E-state index >= 15 is 0 Å². The van der Waals surface area contributed by atoms with Gasteiger partial charge in [0.2, 0.25) is 0 Å². The molecule has 0 atom stereocenters. The molecular weight excluding hydrogens is 330 g/mol. The van der Waals surface area contributed by atoms with Gasteiger partial charge in [-0.1, -0.05) is 0 Å². The molecule has 0 unspecified atom stereocenters. The molecule has 0 heterocycles. The first-order chi connectivity index (χ1) is 12.5. The third kappa shape index (κ3) is 4.81. The molecule has 0 radical (unpaired) electrons. The van der Waals surface area contributed by atoms with E-state index in [9.17, 15) is 4.79 Å².